The van der Waals surface area contributed by atoms with Gasteiger partial charge in [0.15, 0.2) is 0 Å². The maximum atomic E-state index is 8.82. The molecule has 80 valence electrons. The Morgan fingerprint density at radius 3 is 3.00 bits per heavy atom. The number of hydrogen-bond acceptors (Lipinski definition) is 3. The minimum atomic E-state index is -0.124. The number of benzene rings is 1. The lowest BCUT2D eigenvalue weighted by molar-refractivity contribution is 0.276. The van der Waals surface area contributed by atoms with Crippen molar-refractivity contribution in [1.29, 1.82) is 0 Å². The van der Waals surface area contributed by atoms with Crippen LogP contribution in [0.3, 0.4) is 0 Å². The fourth-order valence-electron chi connectivity index (χ4n) is 1.55. The second kappa shape index (κ2) is 4.35. The normalized spacial score (nSPS) is 13.3. The summed E-state index contributed by atoms with van der Waals surface area (Å²) in [7, 11) is 0. The standard InChI is InChI=1S/C11H12BrNO2/c12-9-6-15-11-2-1-7(5-8(9)11)10(13)3-4-14/h1-2,5-6,10,14H,3-4,13H2. The van der Waals surface area contributed by atoms with E-state index in [1.807, 2.05) is 18.2 Å². The molecule has 2 rings (SSSR count). The van der Waals surface area contributed by atoms with E-state index in [9.17, 15) is 0 Å². The van der Waals surface area contributed by atoms with Gasteiger partial charge < -0.3 is 15.3 Å². The molecule has 0 spiro atoms. The van der Waals surface area contributed by atoms with Gasteiger partial charge in [-0.15, -0.1) is 0 Å². The molecule has 0 amide bonds. The first-order chi connectivity index (χ1) is 7.22. The Hall–Kier alpha value is -0.840. The van der Waals surface area contributed by atoms with Crippen LogP contribution in [-0.4, -0.2) is 11.7 Å². The van der Waals surface area contributed by atoms with Crippen LogP contribution in [0.5, 0.6) is 0 Å². The lowest BCUT2D eigenvalue weighted by Crippen LogP contribution is -2.11. The Kier molecular flexibility index (Phi) is 3.09. The van der Waals surface area contributed by atoms with Gasteiger partial charge in [-0.2, -0.15) is 0 Å². The summed E-state index contributed by atoms with van der Waals surface area (Å²) in [4.78, 5) is 0. The fraction of sp³-hybridized carbons (Fsp3) is 0.273. The van der Waals surface area contributed by atoms with Crippen molar-refractivity contribution >= 4 is 26.9 Å². The van der Waals surface area contributed by atoms with E-state index in [1.165, 1.54) is 0 Å². The number of aliphatic hydroxyl groups is 1. The molecule has 3 N–H and O–H groups in total. The summed E-state index contributed by atoms with van der Waals surface area (Å²) in [5.74, 6) is 0. The third kappa shape index (κ3) is 2.07. The second-order valence-electron chi connectivity index (χ2n) is 3.46. The zero-order chi connectivity index (χ0) is 10.8. The first-order valence-corrected chi connectivity index (χ1v) is 5.55. The Morgan fingerprint density at radius 1 is 1.47 bits per heavy atom. The van der Waals surface area contributed by atoms with Gasteiger partial charge in [0.05, 0.1) is 4.47 Å². The molecular formula is C11H12BrNO2. The van der Waals surface area contributed by atoms with Gasteiger partial charge in [0.25, 0.3) is 0 Å². The van der Waals surface area contributed by atoms with Crippen LogP contribution in [0.2, 0.25) is 0 Å². The largest absolute Gasteiger partial charge is 0.463 e. The highest BCUT2D eigenvalue weighted by atomic mass is 79.9. The second-order valence-corrected chi connectivity index (χ2v) is 4.31. The topological polar surface area (TPSA) is 59.4 Å². The summed E-state index contributed by atoms with van der Waals surface area (Å²) in [6.45, 7) is 0.103. The van der Waals surface area contributed by atoms with Crippen molar-refractivity contribution in [2.45, 2.75) is 12.5 Å². The van der Waals surface area contributed by atoms with Crippen LogP contribution in [0, 0.1) is 0 Å². The van der Waals surface area contributed by atoms with Crippen molar-refractivity contribution in [3.63, 3.8) is 0 Å². The van der Waals surface area contributed by atoms with E-state index in [0.29, 0.717) is 6.42 Å². The number of furan rings is 1. The van der Waals surface area contributed by atoms with E-state index in [4.69, 9.17) is 15.3 Å². The summed E-state index contributed by atoms with van der Waals surface area (Å²) in [5.41, 5.74) is 7.76. The minimum Gasteiger partial charge on any atom is -0.463 e. The van der Waals surface area contributed by atoms with Crippen molar-refractivity contribution in [2.24, 2.45) is 5.73 Å². The van der Waals surface area contributed by atoms with Crippen LogP contribution in [0.15, 0.2) is 33.4 Å². The van der Waals surface area contributed by atoms with Crippen molar-refractivity contribution in [3.8, 4) is 0 Å². The average molecular weight is 270 g/mol. The molecular weight excluding hydrogens is 258 g/mol. The summed E-state index contributed by atoms with van der Waals surface area (Å²) in [6, 6.07) is 5.69. The molecule has 2 aromatic rings. The average Bonchev–Trinajstić information content (AvgIpc) is 2.60. The fourth-order valence-corrected chi connectivity index (χ4v) is 1.96. The minimum absolute atomic E-state index is 0.103. The molecule has 1 unspecified atom stereocenters. The summed E-state index contributed by atoms with van der Waals surface area (Å²) >= 11 is 3.41. The molecule has 1 aromatic carbocycles. The molecule has 1 aromatic heterocycles. The van der Waals surface area contributed by atoms with Gasteiger partial charge in [-0.25, -0.2) is 0 Å². The molecule has 15 heavy (non-hydrogen) atoms. The lowest BCUT2D eigenvalue weighted by atomic mass is 10.0. The molecule has 0 fully saturated rings. The molecule has 0 saturated carbocycles. The van der Waals surface area contributed by atoms with E-state index in [0.717, 1.165) is 21.0 Å². The van der Waals surface area contributed by atoms with Gasteiger partial charge in [-0.05, 0) is 40.0 Å². The predicted molar refractivity (Wildman–Crippen MR) is 62.5 cm³/mol. The van der Waals surface area contributed by atoms with Crippen molar-refractivity contribution < 1.29 is 9.52 Å². The van der Waals surface area contributed by atoms with Crippen LogP contribution >= 0.6 is 15.9 Å². The summed E-state index contributed by atoms with van der Waals surface area (Å²) < 4.78 is 6.23. The molecule has 0 bridgehead atoms. The Bertz CT molecular complexity index is 467. The van der Waals surface area contributed by atoms with Crippen molar-refractivity contribution in [3.05, 3.63) is 34.5 Å². The molecule has 0 aliphatic carbocycles. The number of nitrogens with two attached hydrogens (primary N) is 1. The van der Waals surface area contributed by atoms with Crippen LogP contribution in [0.4, 0.5) is 0 Å². The van der Waals surface area contributed by atoms with Gasteiger partial charge in [0, 0.05) is 18.0 Å². The van der Waals surface area contributed by atoms with E-state index < -0.39 is 0 Å². The zero-order valence-electron chi connectivity index (χ0n) is 8.11. The maximum absolute atomic E-state index is 8.82. The molecule has 1 heterocycles. The Labute approximate surface area is 96.0 Å². The first-order valence-electron chi connectivity index (χ1n) is 4.75. The van der Waals surface area contributed by atoms with Crippen molar-refractivity contribution in [1.82, 2.24) is 0 Å². The maximum Gasteiger partial charge on any atom is 0.135 e. The van der Waals surface area contributed by atoms with Gasteiger partial charge in [0.1, 0.15) is 11.8 Å². The third-order valence-electron chi connectivity index (χ3n) is 2.42. The highest BCUT2D eigenvalue weighted by molar-refractivity contribution is 9.10. The number of hydrogen-bond donors (Lipinski definition) is 2. The van der Waals surface area contributed by atoms with Crippen LogP contribution in [0.25, 0.3) is 11.0 Å². The Morgan fingerprint density at radius 2 is 2.27 bits per heavy atom. The van der Waals surface area contributed by atoms with Crippen LogP contribution < -0.4 is 5.73 Å². The monoisotopic (exact) mass is 269 g/mol. The number of aliphatic hydroxyl groups excluding tert-OH is 1. The summed E-state index contributed by atoms with van der Waals surface area (Å²) in [5, 5.41) is 9.83. The van der Waals surface area contributed by atoms with Gasteiger partial charge in [-0.1, -0.05) is 6.07 Å². The van der Waals surface area contributed by atoms with Crippen LogP contribution in [-0.2, 0) is 0 Å². The molecule has 0 saturated heterocycles. The predicted octanol–water partition coefficient (Wildman–Crippen LogP) is 2.58. The molecule has 0 aliphatic heterocycles. The molecule has 3 nitrogen and oxygen atoms in total. The van der Waals surface area contributed by atoms with E-state index in [1.54, 1.807) is 6.26 Å². The molecule has 1 atom stereocenters. The van der Waals surface area contributed by atoms with Crippen molar-refractivity contribution in [2.75, 3.05) is 6.61 Å². The summed E-state index contributed by atoms with van der Waals surface area (Å²) in [6.07, 6.45) is 2.23. The van der Waals surface area contributed by atoms with E-state index >= 15 is 0 Å². The highest BCUT2D eigenvalue weighted by Gasteiger charge is 2.09. The zero-order valence-corrected chi connectivity index (χ0v) is 9.70. The van der Waals surface area contributed by atoms with Gasteiger partial charge >= 0.3 is 0 Å². The van der Waals surface area contributed by atoms with Gasteiger partial charge in [-0.3, -0.25) is 0 Å². The number of fused-ring (bicyclic) bond motifs is 1. The highest BCUT2D eigenvalue weighted by Crippen LogP contribution is 2.28. The molecule has 0 aliphatic rings. The lowest BCUT2D eigenvalue weighted by Gasteiger charge is -2.09. The Balaban J connectivity index is 2.41. The van der Waals surface area contributed by atoms with E-state index in [2.05, 4.69) is 15.9 Å². The van der Waals surface area contributed by atoms with Gasteiger partial charge in [0.2, 0.25) is 0 Å². The smallest absolute Gasteiger partial charge is 0.135 e. The number of rotatable bonds is 3. The van der Waals surface area contributed by atoms with E-state index in [-0.39, 0.29) is 12.6 Å². The third-order valence-corrected chi connectivity index (χ3v) is 3.03. The van der Waals surface area contributed by atoms with Crippen LogP contribution in [0.1, 0.15) is 18.0 Å². The SMILES string of the molecule is NC(CCO)c1ccc2occ(Br)c2c1. The quantitative estimate of drug-likeness (QED) is 0.901. The number of halogens is 1. The molecule has 0 radical (unpaired) electrons. The first kappa shape index (κ1) is 10.7. The molecule has 4 heteroatoms.